The maximum atomic E-state index is 13.4. The third kappa shape index (κ3) is 2.90. The number of hydrogen-bond donors (Lipinski definition) is 1. The van der Waals surface area contributed by atoms with Crippen LogP contribution in [0.4, 0.5) is 10.1 Å². The van der Waals surface area contributed by atoms with Crippen LogP contribution in [0.1, 0.15) is 65.9 Å². The predicted octanol–water partition coefficient (Wildman–Crippen LogP) is 5.23. The Bertz CT molecular complexity index is 810. The van der Waals surface area contributed by atoms with Crippen molar-refractivity contribution in [3.05, 3.63) is 58.9 Å². The van der Waals surface area contributed by atoms with Gasteiger partial charge in [0, 0.05) is 16.8 Å². The Labute approximate surface area is 147 Å². The average molecular weight is 339 g/mol. The average Bonchev–Trinajstić information content (AvgIpc) is 2.63. The number of carbonyl (C=O) groups is 1. The molecule has 0 radical (unpaired) electrons. The summed E-state index contributed by atoms with van der Waals surface area (Å²) >= 11 is 0. The molecule has 1 fully saturated rings. The molecule has 0 unspecified atom stereocenters. The van der Waals surface area contributed by atoms with Crippen molar-refractivity contribution in [2.45, 2.75) is 44.4 Å². The lowest BCUT2D eigenvalue weighted by atomic mass is 9.65. The molecule has 1 N–H and O–H groups in total. The third-order valence-electron chi connectivity index (χ3n) is 5.42. The zero-order chi connectivity index (χ0) is 17.4. The van der Waals surface area contributed by atoms with E-state index in [0.717, 1.165) is 24.2 Å². The van der Waals surface area contributed by atoms with E-state index in [9.17, 15) is 9.18 Å². The molecule has 3 aliphatic rings. The van der Waals surface area contributed by atoms with Crippen molar-refractivity contribution in [1.82, 2.24) is 0 Å². The van der Waals surface area contributed by atoms with E-state index >= 15 is 0 Å². The molecule has 0 atom stereocenters. The van der Waals surface area contributed by atoms with Crippen LogP contribution >= 0.6 is 0 Å². The van der Waals surface area contributed by atoms with E-state index in [1.807, 2.05) is 19.1 Å². The molecule has 0 aromatic heterocycles. The van der Waals surface area contributed by atoms with Crippen molar-refractivity contribution in [1.29, 1.82) is 0 Å². The van der Waals surface area contributed by atoms with Crippen molar-refractivity contribution in [3.8, 4) is 5.75 Å². The highest BCUT2D eigenvalue weighted by Crippen LogP contribution is 2.53. The van der Waals surface area contributed by atoms with Crippen molar-refractivity contribution < 1.29 is 13.9 Å². The maximum Gasteiger partial charge on any atom is 0.255 e. The lowest BCUT2D eigenvalue weighted by Gasteiger charge is -2.40. The normalized spacial score (nSPS) is 20.9. The van der Waals surface area contributed by atoms with Crippen molar-refractivity contribution in [2.24, 2.45) is 0 Å². The van der Waals surface area contributed by atoms with Crippen LogP contribution in [0.3, 0.4) is 0 Å². The van der Waals surface area contributed by atoms with E-state index in [2.05, 4.69) is 5.32 Å². The summed E-state index contributed by atoms with van der Waals surface area (Å²) in [6.45, 7) is 2.61. The van der Waals surface area contributed by atoms with Gasteiger partial charge in [-0.25, -0.2) is 4.39 Å². The van der Waals surface area contributed by atoms with Gasteiger partial charge in [-0.05, 0) is 80.3 Å². The van der Waals surface area contributed by atoms with E-state index in [1.54, 1.807) is 12.1 Å². The molecule has 0 saturated heterocycles. The second kappa shape index (κ2) is 6.51. The molecule has 0 spiro atoms. The van der Waals surface area contributed by atoms with Gasteiger partial charge in [0.25, 0.3) is 5.91 Å². The summed E-state index contributed by atoms with van der Waals surface area (Å²) < 4.78 is 19.2. The van der Waals surface area contributed by atoms with E-state index in [-0.39, 0.29) is 11.7 Å². The predicted molar refractivity (Wildman–Crippen MR) is 95.9 cm³/mol. The van der Waals surface area contributed by atoms with Gasteiger partial charge in [0.05, 0.1) is 6.61 Å². The molecule has 5 rings (SSSR count). The molecule has 0 heterocycles. The number of carbonyl (C=O) groups excluding carboxylic acids is 1. The van der Waals surface area contributed by atoms with Crippen molar-refractivity contribution in [2.75, 3.05) is 11.9 Å². The second-order valence-electron chi connectivity index (χ2n) is 6.88. The van der Waals surface area contributed by atoms with Crippen molar-refractivity contribution in [3.63, 3.8) is 0 Å². The van der Waals surface area contributed by atoms with Crippen LogP contribution in [0, 0.1) is 5.82 Å². The van der Waals surface area contributed by atoms with Gasteiger partial charge >= 0.3 is 0 Å². The highest BCUT2D eigenvalue weighted by Gasteiger charge is 2.38. The number of nitrogens with one attached hydrogen (secondary N) is 1. The summed E-state index contributed by atoms with van der Waals surface area (Å²) in [4.78, 5) is 12.9. The topological polar surface area (TPSA) is 38.3 Å². The number of hydrogen-bond acceptors (Lipinski definition) is 2. The molecular weight excluding hydrogens is 317 g/mol. The number of benzene rings is 2. The van der Waals surface area contributed by atoms with Gasteiger partial charge in [-0.15, -0.1) is 0 Å². The number of halogens is 1. The fraction of sp³-hybridized carbons (Fsp3) is 0.381. The molecule has 2 bridgehead atoms. The second-order valence-corrected chi connectivity index (χ2v) is 6.88. The van der Waals surface area contributed by atoms with Crippen LogP contribution in [-0.4, -0.2) is 12.5 Å². The minimum atomic E-state index is -0.356. The van der Waals surface area contributed by atoms with Crippen LogP contribution in [-0.2, 0) is 0 Å². The minimum absolute atomic E-state index is 0.169. The van der Waals surface area contributed by atoms with Crippen LogP contribution in [0.25, 0.3) is 0 Å². The number of amides is 1. The van der Waals surface area contributed by atoms with Gasteiger partial charge in [0.2, 0.25) is 0 Å². The molecule has 2 aromatic carbocycles. The van der Waals surface area contributed by atoms with Gasteiger partial charge in [-0.2, -0.15) is 0 Å². The molecule has 1 amide bonds. The number of ether oxygens (including phenoxy) is 1. The van der Waals surface area contributed by atoms with Gasteiger partial charge in [0.15, 0.2) is 0 Å². The molecular formula is C21H22FNO2. The third-order valence-corrected chi connectivity index (χ3v) is 5.42. The first kappa shape index (κ1) is 16.1. The van der Waals surface area contributed by atoms with Gasteiger partial charge in [-0.1, -0.05) is 6.07 Å². The summed E-state index contributed by atoms with van der Waals surface area (Å²) in [6.07, 6.45) is 4.61. The van der Waals surface area contributed by atoms with E-state index in [1.165, 1.54) is 30.5 Å². The van der Waals surface area contributed by atoms with Crippen LogP contribution in [0.2, 0.25) is 0 Å². The summed E-state index contributed by atoms with van der Waals surface area (Å²) in [7, 11) is 0. The quantitative estimate of drug-likeness (QED) is 0.828. The highest BCUT2D eigenvalue weighted by atomic mass is 19.1. The first-order valence-electron chi connectivity index (χ1n) is 9.04. The summed E-state index contributed by atoms with van der Waals surface area (Å²) in [5.74, 6) is 1.31. The number of anilines is 1. The molecule has 1 saturated carbocycles. The smallest absolute Gasteiger partial charge is 0.255 e. The van der Waals surface area contributed by atoms with Crippen LogP contribution in [0.5, 0.6) is 5.75 Å². The lowest BCUT2D eigenvalue weighted by Crippen LogP contribution is -2.27. The van der Waals surface area contributed by atoms with Crippen molar-refractivity contribution >= 4 is 11.6 Å². The molecule has 2 aromatic rings. The number of fused-ring (bicyclic) bond motifs is 2. The molecule has 130 valence electrons. The van der Waals surface area contributed by atoms with E-state index in [0.29, 0.717) is 29.7 Å². The van der Waals surface area contributed by atoms with Crippen LogP contribution in [0.15, 0.2) is 36.4 Å². The van der Waals surface area contributed by atoms with Gasteiger partial charge in [0.1, 0.15) is 11.6 Å². The Morgan fingerprint density at radius 1 is 1.12 bits per heavy atom. The number of rotatable bonds is 4. The van der Waals surface area contributed by atoms with E-state index in [4.69, 9.17) is 4.74 Å². The first-order valence-corrected chi connectivity index (χ1v) is 9.04. The molecule has 25 heavy (non-hydrogen) atoms. The molecule has 3 nitrogen and oxygen atoms in total. The SMILES string of the molecule is CCOc1ccc(C(=O)Nc2cccc(F)c2)c2c1C1CCC2CC1. The molecule has 0 aliphatic heterocycles. The molecule has 4 heteroatoms. The Morgan fingerprint density at radius 2 is 1.84 bits per heavy atom. The monoisotopic (exact) mass is 339 g/mol. The van der Waals surface area contributed by atoms with Gasteiger partial charge < -0.3 is 10.1 Å². The first-order chi connectivity index (χ1) is 12.2. The Kier molecular flexibility index (Phi) is 4.20. The minimum Gasteiger partial charge on any atom is -0.494 e. The summed E-state index contributed by atoms with van der Waals surface area (Å²) in [6, 6.07) is 9.79. The standard InChI is InChI=1S/C21H22FNO2/c1-2-25-18-11-10-17(19-13-6-8-14(9-7-13)20(18)19)21(24)23-16-5-3-4-15(22)12-16/h3-5,10-14H,2,6-9H2,1H3,(H,23,24). The Balaban J connectivity index is 1.73. The zero-order valence-electron chi connectivity index (χ0n) is 14.3. The zero-order valence-corrected chi connectivity index (χ0v) is 14.3. The Morgan fingerprint density at radius 3 is 2.52 bits per heavy atom. The Hall–Kier alpha value is -2.36. The fourth-order valence-corrected chi connectivity index (χ4v) is 4.39. The van der Waals surface area contributed by atoms with Crippen LogP contribution < -0.4 is 10.1 Å². The lowest BCUT2D eigenvalue weighted by molar-refractivity contribution is 0.102. The largest absolute Gasteiger partial charge is 0.494 e. The summed E-state index contributed by atoms with van der Waals surface area (Å²) in [5, 5.41) is 2.84. The molecule has 3 aliphatic carbocycles. The van der Waals surface area contributed by atoms with Gasteiger partial charge in [-0.3, -0.25) is 4.79 Å². The highest BCUT2D eigenvalue weighted by molar-refractivity contribution is 6.06. The fourth-order valence-electron chi connectivity index (χ4n) is 4.39. The van der Waals surface area contributed by atoms with E-state index < -0.39 is 0 Å². The summed E-state index contributed by atoms with van der Waals surface area (Å²) in [5.41, 5.74) is 3.57. The maximum absolute atomic E-state index is 13.4.